The molecule has 2 aromatic rings. The number of nitrogens with zero attached hydrogens (tertiary/aromatic N) is 2. The van der Waals surface area contributed by atoms with Gasteiger partial charge in [0.05, 0.1) is 12.4 Å². The van der Waals surface area contributed by atoms with E-state index in [2.05, 4.69) is 9.97 Å². The molecule has 1 heterocycles. The Morgan fingerprint density at radius 2 is 1.71 bits per heavy atom. The molecule has 17 heavy (non-hydrogen) atoms. The fourth-order valence-corrected chi connectivity index (χ4v) is 1.41. The highest BCUT2D eigenvalue weighted by Gasteiger charge is 1.99. The van der Waals surface area contributed by atoms with Gasteiger partial charge in [0, 0.05) is 6.42 Å². The summed E-state index contributed by atoms with van der Waals surface area (Å²) in [4.78, 5) is 8.44. The summed E-state index contributed by atoms with van der Waals surface area (Å²) < 4.78 is 5.59. The zero-order chi connectivity index (χ0) is 11.9. The highest BCUT2D eigenvalue weighted by atomic mass is 16.5. The fourth-order valence-electron chi connectivity index (χ4n) is 1.41. The number of para-hydroxylation sites is 1. The summed E-state index contributed by atoms with van der Waals surface area (Å²) in [6.07, 6.45) is 5.08. The Bertz CT molecular complexity index is 442. The van der Waals surface area contributed by atoms with Crippen LogP contribution in [0.4, 0.5) is 0 Å². The van der Waals surface area contributed by atoms with Gasteiger partial charge in [-0.25, -0.2) is 9.97 Å². The topological polar surface area (TPSA) is 61.0 Å². The maximum atomic E-state index is 5.59. The summed E-state index contributed by atoms with van der Waals surface area (Å²) >= 11 is 0. The number of hydrogen-bond donors (Lipinski definition) is 1. The number of aromatic nitrogens is 2. The van der Waals surface area contributed by atoms with Gasteiger partial charge in [-0.1, -0.05) is 18.2 Å². The monoisotopic (exact) mass is 229 g/mol. The summed E-state index contributed by atoms with van der Waals surface area (Å²) in [5, 5.41) is 0. The Kier molecular flexibility index (Phi) is 4.05. The van der Waals surface area contributed by atoms with E-state index < -0.39 is 0 Å². The summed E-state index contributed by atoms with van der Waals surface area (Å²) in [5.41, 5.74) is 5.43. The van der Waals surface area contributed by atoms with Crippen molar-refractivity contribution in [1.29, 1.82) is 0 Å². The first-order valence-electron chi connectivity index (χ1n) is 5.62. The number of aryl methyl sites for hydroxylation is 1. The van der Waals surface area contributed by atoms with Crippen LogP contribution >= 0.6 is 0 Å². The Morgan fingerprint density at radius 1 is 1.00 bits per heavy atom. The molecule has 0 saturated heterocycles. The molecule has 1 aromatic heterocycles. The van der Waals surface area contributed by atoms with Crippen molar-refractivity contribution in [2.45, 2.75) is 12.8 Å². The minimum atomic E-state index is 0.646. The minimum Gasteiger partial charge on any atom is -0.454 e. The first-order valence-corrected chi connectivity index (χ1v) is 5.62. The van der Waals surface area contributed by atoms with E-state index in [9.17, 15) is 0 Å². The molecule has 88 valence electrons. The van der Waals surface area contributed by atoms with Gasteiger partial charge in [0.25, 0.3) is 0 Å². The van der Waals surface area contributed by atoms with Crippen LogP contribution in [0.25, 0.3) is 0 Å². The highest BCUT2D eigenvalue weighted by molar-refractivity contribution is 5.27. The van der Waals surface area contributed by atoms with Crippen LogP contribution in [0.2, 0.25) is 0 Å². The predicted molar refractivity (Wildman–Crippen MR) is 65.9 cm³/mol. The summed E-state index contributed by atoms with van der Waals surface area (Å²) in [7, 11) is 0. The van der Waals surface area contributed by atoms with E-state index in [1.54, 1.807) is 12.4 Å². The van der Waals surface area contributed by atoms with Crippen LogP contribution in [-0.2, 0) is 6.42 Å². The molecule has 2 N–H and O–H groups in total. The molecule has 4 nitrogen and oxygen atoms in total. The third kappa shape index (κ3) is 3.53. The van der Waals surface area contributed by atoms with Gasteiger partial charge in [-0.05, 0) is 25.1 Å². The molecule has 0 amide bonds. The summed E-state index contributed by atoms with van der Waals surface area (Å²) in [6.45, 7) is 0.658. The Hall–Kier alpha value is -1.94. The minimum absolute atomic E-state index is 0.646. The van der Waals surface area contributed by atoms with Gasteiger partial charge < -0.3 is 10.5 Å². The van der Waals surface area contributed by atoms with Crippen molar-refractivity contribution in [1.82, 2.24) is 9.97 Å². The number of rotatable bonds is 5. The van der Waals surface area contributed by atoms with E-state index in [1.807, 2.05) is 30.3 Å². The van der Waals surface area contributed by atoms with Crippen molar-refractivity contribution in [3.63, 3.8) is 0 Å². The Labute approximate surface area is 100 Å². The van der Waals surface area contributed by atoms with Gasteiger partial charge in [0.15, 0.2) is 5.75 Å². The third-order valence-electron chi connectivity index (χ3n) is 2.27. The Balaban J connectivity index is 1.98. The van der Waals surface area contributed by atoms with Crippen LogP contribution in [0, 0.1) is 0 Å². The lowest BCUT2D eigenvalue weighted by molar-refractivity contribution is 0.476. The molecule has 0 aliphatic rings. The standard InChI is InChI=1S/C13H15N3O/c14-8-4-7-13-15-9-12(10-16-13)17-11-5-2-1-3-6-11/h1-3,5-6,9-10H,4,7-8,14H2. The third-order valence-corrected chi connectivity index (χ3v) is 2.27. The molecule has 2 rings (SSSR count). The molecule has 0 aliphatic heterocycles. The fraction of sp³-hybridized carbons (Fsp3) is 0.231. The SMILES string of the molecule is NCCCc1ncc(Oc2ccccc2)cn1. The molecule has 0 fully saturated rings. The first-order chi connectivity index (χ1) is 8.38. The molecule has 0 aliphatic carbocycles. The maximum absolute atomic E-state index is 5.59. The molecule has 1 aromatic carbocycles. The predicted octanol–water partition coefficient (Wildman–Crippen LogP) is 2.16. The van der Waals surface area contributed by atoms with E-state index in [0.717, 1.165) is 24.4 Å². The quantitative estimate of drug-likeness (QED) is 0.853. The zero-order valence-electron chi connectivity index (χ0n) is 9.54. The number of ether oxygens (including phenoxy) is 1. The van der Waals surface area contributed by atoms with Crippen LogP contribution in [0.5, 0.6) is 11.5 Å². The van der Waals surface area contributed by atoms with Crippen molar-refractivity contribution in [2.75, 3.05) is 6.54 Å². The molecule has 0 bridgehead atoms. The van der Waals surface area contributed by atoms with Crippen LogP contribution in [-0.4, -0.2) is 16.5 Å². The molecule has 0 unspecified atom stereocenters. The van der Waals surface area contributed by atoms with Gasteiger partial charge in [-0.3, -0.25) is 0 Å². The second kappa shape index (κ2) is 5.96. The van der Waals surface area contributed by atoms with E-state index in [1.165, 1.54) is 0 Å². The van der Waals surface area contributed by atoms with Crippen molar-refractivity contribution in [2.24, 2.45) is 5.73 Å². The largest absolute Gasteiger partial charge is 0.454 e. The number of benzene rings is 1. The maximum Gasteiger partial charge on any atom is 0.164 e. The average Bonchev–Trinajstić information content (AvgIpc) is 2.39. The van der Waals surface area contributed by atoms with Crippen molar-refractivity contribution < 1.29 is 4.74 Å². The van der Waals surface area contributed by atoms with Crippen molar-refractivity contribution in [3.05, 3.63) is 48.5 Å². The Morgan fingerprint density at radius 3 is 2.35 bits per heavy atom. The second-order valence-electron chi connectivity index (χ2n) is 3.64. The first kappa shape index (κ1) is 11.5. The number of hydrogen-bond acceptors (Lipinski definition) is 4. The lowest BCUT2D eigenvalue weighted by atomic mass is 10.3. The molecule has 0 saturated carbocycles. The van der Waals surface area contributed by atoms with Gasteiger partial charge in [0.2, 0.25) is 0 Å². The van der Waals surface area contributed by atoms with Crippen molar-refractivity contribution in [3.8, 4) is 11.5 Å². The molecule has 4 heteroatoms. The van der Waals surface area contributed by atoms with Gasteiger partial charge in [-0.15, -0.1) is 0 Å². The molecule has 0 atom stereocenters. The van der Waals surface area contributed by atoms with E-state index >= 15 is 0 Å². The molecule has 0 spiro atoms. The van der Waals surface area contributed by atoms with Crippen LogP contribution in [0.15, 0.2) is 42.7 Å². The van der Waals surface area contributed by atoms with Gasteiger partial charge in [-0.2, -0.15) is 0 Å². The zero-order valence-corrected chi connectivity index (χ0v) is 9.54. The molecular formula is C13H15N3O. The van der Waals surface area contributed by atoms with Crippen molar-refractivity contribution >= 4 is 0 Å². The normalized spacial score (nSPS) is 10.2. The second-order valence-corrected chi connectivity index (χ2v) is 3.64. The summed E-state index contributed by atoms with van der Waals surface area (Å²) in [5.74, 6) is 2.23. The van der Waals surface area contributed by atoms with Gasteiger partial charge in [0.1, 0.15) is 11.6 Å². The van der Waals surface area contributed by atoms with Crippen LogP contribution in [0.3, 0.4) is 0 Å². The highest BCUT2D eigenvalue weighted by Crippen LogP contribution is 2.18. The van der Waals surface area contributed by atoms with Gasteiger partial charge >= 0.3 is 0 Å². The lowest BCUT2D eigenvalue weighted by Crippen LogP contribution is -2.03. The lowest BCUT2D eigenvalue weighted by Gasteiger charge is -2.05. The number of nitrogens with two attached hydrogens (primary N) is 1. The smallest absolute Gasteiger partial charge is 0.164 e. The van der Waals surface area contributed by atoms with Crippen LogP contribution < -0.4 is 10.5 Å². The average molecular weight is 229 g/mol. The molecular weight excluding hydrogens is 214 g/mol. The van der Waals surface area contributed by atoms with E-state index in [4.69, 9.17) is 10.5 Å². The summed E-state index contributed by atoms with van der Waals surface area (Å²) in [6, 6.07) is 9.57. The van der Waals surface area contributed by atoms with E-state index in [-0.39, 0.29) is 0 Å². The van der Waals surface area contributed by atoms with E-state index in [0.29, 0.717) is 12.3 Å². The van der Waals surface area contributed by atoms with Crippen LogP contribution in [0.1, 0.15) is 12.2 Å². The molecule has 0 radical (unpaired) electrons.